The summed E-state index contributed by atoms with van der Waals surface area (Å²) in [5.74, 6) is 1.31. The van der Waals surface area contributed by atoms with Gasteiger partial charge in [-0.1, -0.05) is 24.3 Å². The fourth-order valence-corrected chi connectivity index (χ4v) is 4.68. The standard InChI is InChI=1S/C24H27N7O2S/c1-16-27-20(19-3-2-9-31(13-19)10-8-25)11-22(28-16)30-24-29-21(15-34-24)23(33)26-12-17-4-6-18(14-32)7-5-17/h4-7,11,15,19,32H,2-3,9-10,12-14H2,1H3,(H,26,33)(H,27,28,29,30)/t19-/m0/s1. The predicted molar refractivity (Wildman–Crippen MR) is 130 cm³/mol. The molecule has 1 aliphatic heterocycles. The first-order chi connectivity index (χ1) is 16.5. The summed E-state index contributed by atoms with van der Waals surface area (Å²) < 4.78 is 0. The van der Waals surface area contributed by atoms with E-state index in [1.54, 1.807) is 5.38 Å². The van der Waals surface area contributed by atoms with E-state index in [1.807, 2.05) is 37.3 Å². The second-order valence-electron chi connectivity index (χ2n) is 8.28. The number of aliphatic hydroxyl groups excluding tert-OH is 1. The number of hydrogen-bond acceptors (Lipinski definition) is 9. The van der Waals surface area contributed by atoms with E-state index < -0.39 is 0 Å². The highest BCUT2D eigenvalue weighted by atomic mass is 32.1. The van der Waals surface area contributed by atoms with Gasteiger partial charge in [-0.25, -0.2) is 15.0 Å². The van der Waals surface area contributed by atoms with E-state index in [2.05, 4.69) is 36.6 Å². The normalized spacial score (nSPS) is 16.1. The summed E-state index contributed by atoms with van der Waals surface area (Å²) in [5, 5.41) is 26.5. The van der Waals surface area contributed by atoms with Gasteiger partial charge in [-0.3, -0.25) is 9.69 Å². The van der Waals surface area contributed by atoms with Crippen LogP contribution in [0, 0.1) is 18.3 Å². The average molecular weight is 478 g/mol. The molecule has 0 bridgehead atoms. The molecule has 1 aliphatic rings. The number of benzene rings is 1. The number of hydrogen-bond donors (Lipinski definition) is 3. The molecule has 0 unspecified atom stereocenters. The maximum atomic E-state index is 12.5. The molecule has 34 heavy (non-hydrogen) atoms. The van der Waals surface area contributed by atoms with E-state index in [1.165, 1.54) is 11.3 Å². The van der Waals surface area contributed by atoms with Gasteiger partial charge in [-0.2, -0.15) is 5.26 Å². The van der Waals surface area contributed by atoms with Crippen LogP contribution in [0.15, 0.2) is 35.7 Å². The zero-order chi connectivity index (χ0) is 23.9. The van der Waals surface area contributed by atoms with Crippen molar-refractivity contribution in [3.63, 3.8) is 0 Å². The fourth-order valence-electron chi connectivity index (χ4n) is 3.98. The van der Waals surface area contributed by atoms with Crippen molar-refractivity contribution in [3.8, 4) is 6.07 Å². The van der Waals surface area contributed by atoms with Crippen molar-refractivity contribution in [1.29, 1.82) is 5.26 Å². The minimum Gasteiger partial charge on any atom is -0.392 e. The largest absolute Gasteiger partial charge is 0.392 e. The first kappa shape index (κ1) is 23.8. The minimum atomic E-state index is -0.255. The van der Waals surface area contributed by atoms with Gasteiger partial charge < -0.3 is 15.7 Å². The summed E-state index contributed by atoms with van der Waals surface area (Å²) in [6.45, 7) is 4.42. The molecular weight excluding hydrogens is 450 g/mol. The second kappa shape index (κ2) is 11.2. The maximum absolute atomic E-state index is 12.5. The molecule has 0 spiro atoms. The van der Waals surface area contributed by atoms with Crippen molar-refractivity contribution in [2.24, 2.45) is 0 Å². The molecule has 0 aliphatic carbocycles. The van der Waals surface area contributed by atoms with Gasteiger partial charge in [0, 0.05) is 30.5 Å². The Labute approximate surface area is 202 Å². The SMILES string of the molecule is Cc1nc(Nc2nc(C(=O)NCc3ccc(CO)cc3)cs2)cc([C@H]2CCCN(CC#N)C2)n1. The summed E-state index contributed by atoms with van der Waals surface area (Å²) >= 11 is 1.34. The van der Waals surface area contributed by atoms with Gasteiger partial charge in [0.05, 0.1) is 24.9 Å². The van der Waals surface area contributed by atoms with Gasteiger partial charge in [0.2, 0.25) is 0 Å². The Hall–Kier alpha value is -3.39. The summed E-state index contributed by atoms with van der Waals surface area (Å²) in [6.07, 6.45) is 2.07. The molecule has 1 amide bonds. The number of nitrogens with one attached hydrogen (secondary N) is 2. The lowest BCUT2D eigenvalue weighted by Crippen LogP contribution is -2.35. The van der Waals surface area contributed by atoms with Crippen LogP contribution in [0.3, 0.4) is 0 Å². The summed E-state index contributed by atoms with van der Waals surface area (Å²) in [4.78, 5) is 28.2. The van der Waals surface area contributed by atoms with Crippen LogP contribution in [0.25, 0.3) is 0 Å². The number of aryl methyl sites for hydroxylation is 1. The molecule has 2 aromatic heterocycles. The lowest BCUT2D eigenvalue weighted by Gasteiger charge is -2.30. The lowest BCUT2D eigenvalue weighted by molar-refractivity contribution is 0.0946. The first-order valence-corrected chi connectivity index (χ1v) is 12.1. The molecule has 1 aromatic carbocycles. The topological polar surface area (TPSA) is 127 Å². The number of aliphatic hydroxyl groups is 1. The summed E-state index contributed by atoms with van der Waals surface area (Å²) in [7, 11) is 0. The number of likely N-dealkylation sites (tertiary alicyclic amines) is 1. The van der Waals surface area contributed by atoms with Crippen LogP contribution in [0.5, 0.6) is 0 Å². The number of thiazole rings is 1. The van der Waals surface area contributed by atoms with E-state index in [4.69, 9.17) is 10.4 Å². The smallest absolute Gasteiger partial charge is 0.271 e. The van der Waals surface area contributed by atoms with E-state index in [0.717, 1.165) is 42.8 Å². The molecule has 0 radical (unpaired) electrons. The lowest BCUT2D eigenvalue weighted by atomic mass is 9.94. The zero-order valence-electron chi connectivity index (χ0n) is 19.0. The predicted octanol–water partition coefficient (Wildman–Crippen LogP) is 3.11. The van der Waals surface area contributed by atoms with Crippen molar-refractivity contribution in [3.05, 3.63) is 64.1 Å². The monoisotopic (exact) mass is 477 g/mol. The fraction of sp³-hybridized carbons (Fsp3) is 0.375. The van der Waals surface area contributed by atoms with Crippen molar-refractivity contribution in [2.75, 3.05) is 25.0 Å². The van der Waals surface area contributed by atoms with E-state index in [0.29, 0.717) is 35.6 Å². The zero-order valence-corrected chi connectivity index (χ0v) is 19.8. The van der Waals surface area contributed by atoms with Gasteiger partial charge >= 0.3 is 0 Å². The van der Waals surface area contributed by atoms with E-state index in [-0.39, 0.29) is 18.4 Å². The number of carbonyl (C=O) groups is 1. The molecule has 4 rings (SSSR count). The highest BCUT2D eigenvalue weighted by Gasteiger charge is 2.23. The van der Waals surface area contributed by atoms with Crippen LogP contribution in [-0.2, 0) is 13.2 Å². The third-order valence-corrected chi connectivity index (χ3v) is 6.46. The van der Waals surface area contributed by atoms with Crippen molar-refractivity contribution >= 4 is 28.2 Å². The van der Waals surface area contributed by atoms with Crippen LogP contribution in [0.1, 0.15) is 51.9 Å². The van der Waals surface area contributed by atoms with Gasteiger partial charge in [0.15, 0.2) is 5.13 Å². The molecule has 9 nitrogen and oxygen atoms in total. The molecule has 3 N–H and O–H groups in total. The number of piperidine rings is 1. The van der Waals surface area contributed by atoms with Crippen LogP contribution < -0.4 is 10.6 Å². The summed E-state index contributed by atoms with van der Waals surface area (Å²) in [5.41, 5.74) is 3.07. The quantitative estimate of drug-likeness (QED) is 0.422. The highest BCUT2D eigenvalue weighted by molar-refractivity contribution is 7.14. The average Bonchev–Trinajstić information content (AvgIpc) is 3.31. The Morgan fingerprint density at radius 1 is 1.26 bits per heavy atom. The summed E-state index contributed by atoms with van der Waals surface area (Å²) in [6, 6.07) is 11.6. The number of carbonyl (C=O) groups excluding carboxylic acids is 1. The van der Waals surface area contributed by atoms with Gasteiger partial charge in [0.25, 0.3) is 5.91 Å². The molecule has 3 aromatic rings. The second-order valence-corrected chi connectivity index (χ2v) is 9.14. The molecule has 10 heteroatoms. The van der Waals surface area contributed by atoms with Crippen LogP contribution >= 0.6 is 11.3 Å². The molecule has 3 heterocycles. The van der Waals surface area contributed by atoms with Crippen molar-refractivity contribution < 1.29 is 9.90 Å². The molecule has 0 saturated carbocycles. The molecular formula is C24H27N7O2S. The number of anilines is 2. The Kier molecular flexibility index (Phi) is 7.80. The Morgan fingerprint density at radius 2 is 2.06 bits per heavy atom. The number of amides is 1. The van der Waals surface area contributed by atoms with Crippen LogP contribution in [0.4, 0.5) is 10.9 Å². The molecule has 1 saturated heterocycles. The van der Waals surface area contributed by atoms with Gasteiger partial charge in [0.1, 0.15) is 17.3 Å². The third-order valence-electron chi connectivity index (χ3n) is 5.71. The van der Waals surface area contributed by atoms with Gasteiger partial charge in [-0.05, 0) is 37.4 Å². The van der Waals surface area contributed by atoms with Crippen molar-refractivity contribution in [2.45, 2.75) is 38.8 Å². The van der Waals surface area contributed by atoms with Crippen molar-refractivity contribution in [1.82, 2.24) is 25.2 Å². The Morgan fingerprint density at radius 3 is 2.82 bits per heavy atom. The number of nitriles is 1. The maximum Gasteiger partial charge on any atom is 0.271 e. The Balaban J connectivity index is 1.38. The molecule has 1 atom stereocenters. The first-order valence-electron chi connectivity index (χ1n) is 11.2. The van der Waals surface area contributed by atoms with E-state index >= 15 is 0 Å². The van der Waals surface area contributed by atoms with Crippen LogP contribution in [-0.4, -0.2) is 50.5 Å². The third kappa shape index (κ3) is 6.14. The van der Waals surface area contributed by atoms with Crippen LogP contribution in [0.2, 0.25) is 0 Å². The van der Waals surface area contributed by atoms with Gasteiger partial charge in [-0.15, -0.1) is 11.3 Å². The molecule has 1 fully saturated rings. The highest BCUT2D eigenvalue weighted by Crippen LogP contribution is 2.28. The number of rotatable bonds is 8. The van der Waals surface area contributed by atoms with E-state index in [9.17, 15) is 4.79 Å². The number of nitrogens with zero attached hydrogens (tertiary/aromatic N) is 5. The number of aromatic nitrogens is 3. The minimum absolute atomic E-state index is 0.00507. The Bertz CT molecular complexity index is 1170. The molecule has 176 valence electrons.